The lowest BCUT2D eigenvalue weighted by atomic mass is 9.99. The maximum absolute atomic E-state index is 12.7. The third kappa shape index (κ3) is 10.7. The van der Waals surface area contributed by atoms with Gasteiger partial charge in [0.2, 0.25) is 17.0 Å². The van der Waals surface area contributed by atoms with Gasteiger partial charge < -0.3 is 30.9 Å². The molecule has 3 atom stereocenters. The van der Waals surface area contributed by atoms with E-state index in [1.165, 1.54) is 11.8 Å². The molecule has 0 spiro atoms. The van der Waals surface area contributed by atoms with E-state index in [9.17, 15) is 14.7 Å². The van der Waals surface area contributed by atoms with E-state index in [4.69, 9.17) is 15.2 Å². The number of thioether (sulfide) groups is 1. The van der Waals surface area contributed by atoms with Gasteiger partial charge in [0.05, 0.1) is 35.9 Å². The van der Waals surface area contributed by atoms with Crippen LogP contribution in [0.4, 0.5) is 11.4 Å². The number of anilines is 2. The van der Waals surface area contributed by atoms with Gasteiger partial charge in [-0.05, 0) is 87.5 Å². The molecule has 0 aliphatic carbocycles. The van der Waals surface area contributed by atoms with Crippen LogP contribution in [0.25, 0.3) is 16.8 Å². The summed E-state index contributed by atoms with van der Waals surface area (Å²) in [4.78, 5) is 25.0. The molecule has 292 valence electrons. The Labute approximate surface area is 335 Å². The first-order valence-corrected chi connectivity index (χ1v) is 20.0. The monoisotopic (exact) mass is 783 g/mol. The molecule has 1 aliphatic heterocycles. The van der Waals surface area contributed by atoms with Crippen molar-refractivity contribution < 1.29 is 24.2 Å². The molecule has 13 heteroatoms. The van der Waals surface area contributed by atoms with Crippen LogP contribution in [0.3, 0.4) is 0 Å². The van der Waals surface area contributed by atoms with Crippen LogP contribution in [-0.2, 0) is 32.2 Å². The van der Waals surface area contributed by atoms with Gasteiger partial charge in [-0.1, -0.05) is 103 Å². The minimum Gasteiger partial charge on any atom is -0.397 e. The van der Waals surface area contributed by atoms with E-state index < -0.39 is 6.29 Å². The summed E-state index contributed by atoms with van der Waals surface area (Å²) in [7, 11) is 0. The third-order valence-corrected chi connectivity index (χ3v) is 10.7. The van der Waals surface area contributed by atoms with Crippen molar-refractivity contribution in [1.82, 2.24) is 25.5 Å². The number of unbranched alkanes of at least 4 members (excludes halogenated alkanes) is 1. The number of ether oxygens (including phenoxy) is 2. The second-order valence-electron chi connectivity index (χ2n) is 13.8. The lowest BCUT2D eigenvalue weighted by molar-refractivity contribution is -0.245. The van der Waals surface area contributed by atoms with Crippen LogP contribution in [0.15, 0.2) is 133 Å². The Hall–Kier alpha value is -5.86. The molecule has 1 saturated heterocycles. The van der Waals surface area contributed by atoms with Crippen molar-refractivity contribution in [2.75, 3.05) is 16.8 Å². The van der Waals surface area contributed by atoms with Gasteiger partial charge in [0, 0.05) is 37.1 Å². The largest absolute Gasteiger partial charge is 0.397 e. The van der Waals surface area contributed by atoms with E-state index in [2.05, 4.69) is 38.3 Å². The van der Waals surface area contributed by atoms with Crippen molar-refractivity contribution in [1.29, 1.82) is 0 Å². The average Bonchev–Trinajstić information content (AvgIpc) is 3.74. The Balaban J connectivity index is 0.973. The zero-order valence-corrected chi connectivity index (χ0v) is 32.2. The Kier molecular flexibility index (Phi) is 13.4. The molecule has 0 saturated carbocycles. The van der Waals surface area contributed by atoms with E-state index in [1.807, 2.05) is 103 Å². The van der Waals surface area contributed by atoms with Crippen molar-refractivity contribution >= 4 is 35.0 Å². The van der Waals surface area contributed by atoms with Crippen LogP contribution in [0.2, 0.25) is 0 Å². The molecule has 2 amide bonds. The van der Waals surface area contributed by atoms with Crippen LogP contribution >= 0.6 is 11.8 Å². The molecular formula is C44H45N7O5S. The molecule has 1 aliphatic rings. The van der Waals surface area contributed by atoms with Crippen molar-refractivity contribution in [3.63, 3.8) is 0 Å². The quantitative estimate of drug-likeness (QED) is 0.0437. The summed E-state index contributed by atoms with van der Waals surface area (Å²) in [6.45, 7) is 0.361. The number of nitrogens with zero attached hydrogens (tertiary/aromatic N) is 4. The highest BCUT2D eigenvalue weighted by Crippen LogP contribution is 2.40. The number of amides is 2. The zero-order valence-electron chi connectivity index (χ0n) is 31.4. The topological polar surface area (TPSA) is 167 Å². The summed E-state index contributed by atoms with van der Waals surface area (Å²) in [5.41, 5.74) is 13.6. The SMILES string of the molecule is Nc1ccccc1NC(=O)CCCCC(=O)NCc1cccc(-c2cccc([C@@H]3O[C@H](CSc4nnnn4-c4ccccc4)C[C@H](c4ccc(CO)cc4)O3)c2)c1. The van der Waals surface area contributed by atoms with Gasteiger partial charge >= 0.3 is 0 Å². The Morgan fingerprint density at radius 2 is 1.53 bits per heavy atom. The van der Waals surface area contributed by atoms with E-state index in [1.54, 1.807) is 16.8 Å². The summed E-state index contributed by atoms with van der Waals surface area (Å²) in [5.74, 6) is 0.415. The van der Waals surface area contributed by atoms with E-state index in [-0.39, 0.29) is 30.6 Å². The number of hydrogen-bond donors (Lipinski definition) is 4. The maximum Gasteiger partial charge on any atom is 0.224 e. The summed E-state index contributed by atoms with van der Waals surface area (Å²) >= 11 is 1.53. The molecule has 6 aromatic rings. The standard InChI is InChI=1S/C44H45N7O5S/c45-38-16-4-5-17-39(38)47-42(54)19-7-6-18-41(53)46-27-31-10-8-11-33(24-31)34-12-9-13-35(25-34)43-55-37(26-40(56-43)32-22-20-30(28-52)21-23-32)29-57-44-48-49-50-51(44)36-14-2-1-3-15-36/h1-5,8-17,20-25,37,40,43,52H,6-7,18-19,26-29,45H2,(H,46,53)(H,47,54)/t37-,40+,43+/m0/s1. The Morgan fingerprint density at radius 1 is 0.789 bits per heavy atom. The molecule has 12 nitrogen and oxygen atoms in total. The molecule has 1 fully saturated rings. The summed E-state index contributed by atoms with van der Waals surface area (Å²) in [5, 5.41) is 28.5. The van der Waals surface area contributed by atoms with Gasteiger partial charge in [-0.25, -0.2) is 0 Å². The zero-order chi connectivity index (χ0) is 39.4. The third-order valence-electron chi connectivity index (χ3n) is 9.66. The number of hydrogen-bond acceptors (Lipinski definition) is 10. The number of nitrogens with two attached hydrogens (primary N) is 1. The van der Waals surface area contributed by atoms with Crippen LogP contribution in [0.5, 0.6) is 0 Å². The number of benzene rings is 5. The Morgan fingerprint density at radius 3 is 2.32 bits per heavy atom. The number of aliphatic hydroxyl groups excluding tert-OH is 1. The number of tetrazole rings is 1. The summed E-state index contributed by atoms with van der Waals surface area (Å²) in [6.07, 6.45) is 1.41. The van der Waals surface area contributed by atoms with Gasteiger partial charge in [0.1, 0.15) is 0 Å². The highest BCUT2D eigenvalue weighted by Gasteiger charge is 2.33. The van der Waals surface area contributed by atoms with Crippen LogP contribution in [-0.4, -0.2) is 49.0 Å². The second kappa shape index (κ2) is 19.3. The number of carbonyl (C=O) groups excluding carboxylic acids is 2. The highest BCUT2D eigenvalue weighted by molar-refractivity contribution is 7.99. The fraction of sp³-hybridized carbons (Fsp3) is 0.250. The molecule has 7 rings (SSSR count). The number of aliphatic hydroxyl groups is 1. The molecule has 5 aromatic carbocycles. The van der Waals surface area contributed by atoms with E-state index in [0.717, 1.165) is 39.1 Å². The van der Waals surface area contributed by atoms with Gasteiger partial charge in [-0.2, -0.15) is 4.68 Å². The fourth-order valence-electron chi connectivity index (χ4n) is 6.60. The van der Waals surface area contributed by atoms with Crippen molar-refractivity contribution in [2.24, 2.45) is 0 Å². The molecule has 57 heavy (non-hydrogen) atoms. The van der Waals surface area contributed by atoms with Gasteiger partial charge in [-0.15, -0.1) is 5.10 Å². The number of para-hydroxylation sites is 3. The van der Waals surface area contributed by atoms with Crippen molar-refractivity contribution in [3.8, 4) is 16.8 Å². The maximum atomic E-state index is 12.7. The number of nitrogen functional groups attached to an aromatic ring is 1. The smallest absolute Gasteiger partial charge is 0.224 e. The van der Waals surface area contributed by atoms with Crippen LogP contribution in [0.1, 0.15) is 66.8 Å². The summed E-state index contributed by atoms with van der Waals surface area (Å²) < 4.78 is 15.0. The predicted octanol–water partition coefficient (Wildman–Crippen LogP) is 7.56. The molecule has 5 N–H and O–H groups in total. The molecule has 0 radical (unpaired) electrons. The lowest BCUT2D eigenvalue weighted by Gasteiger charge is -2.36. The first kappa shape index (κ1) is 39.4. The van der Waals surface area contributed by atoms with E-state index in [0.29, 0.717) is 60.9 Å². The number of carbonyl (C=O) groups is 2. The minimum absolute atomic E-state index is 0.0265. The second-order valence-corrected chi connectivity index (χ2v) is 14.8. The van der Waals surface area contributed by atoms with Crippen LogP contribution in [0, 0.1) is 0 Å². The normalized spacial score (nSPS) is 16.5. The number of nitrogens with one attached hydrogen (secondary N) is 2. The fourth-order valence-corrected chi connectivity index (χ4v) is 7.51. The average molecular weight is 784 g/mol. The van der Waals surface area contributed by atoms with Crippen molar-refractivity contribution in [3.05, 3.63) is 150 Å². The Bertz CT molecular complexity index is 2250. The first-order chi connectivity index (χ1) is 27.9. The number of rotatable bonds is 16. The van der Waals surface area contributed by atoms with Crippen LogP contribution < -0.4 is 16.4 Å². The van der Waals surface area contributed by atoms with E-state index >= 15 is 0 Å². The first-order valence-electron chi connectivity index (χ1n) is 19.0. The predicted molar refractivity (Wildman–Crippen MR) is 220 cm³/mol. The molecule has 1 aromatic heterocycles. The van der Waals surface area contributed by atoms with Gasteiger partial charge in [0.25, 0.3) is 0 Å². The minimum atomic E-state index is -0.637. The van der Waals surface area contributed by atoms with Gasteiger partial charge in [-0.3, -0.25) is 9.59 Å². The molecule has 0 unspecified atom stereocenters. The molecule has 2 heterocycles. The molecular weight excluding hydrogens is 739 g/mol. The highest BCUT2D eigenvalue weighted by atomic mass is 32.2. The lowest BCUT2D eigenvalue weighted by Crippen LogP contribution is -2.31. The number of aromatic nitrogens is 4. The van der Waals surface area contributed by atoms with Crippen molar-refractivity contribution in [2.45, 2.75) is 68.9 Å². The summed E-state index contributed by atoms with van der Waals surface area (Å²) in [6, 6.07) is 41.0. The molecule has 0 bridgehead atoms. The van der Waals surface area contributed by atoms with Gasteiger partial charge in [0.15, 0.2) is 6.29 Å².